The number of allylic oxidation sites excluding steroid dienone is 3. The van der Waals surface area contributed by atoms with Crippen molar-refractivity contribution in [3.63, 3.8) is 0 Å². The van der Waals surface area contributed by atoms with E-state index in [1.165, 1.54) is 43.5 Å². The Bertz CT molecular complexity index is 381. The first kappa shape index (κ1) is 18.3. The molecule has 0 bridgehead atoms. The van der Waals surface area contributed by atoms with Crippen molar-refractivity contribution in [1.82, 2.24) is 4.90 Å². The molecule has 0 spiro atoms. The maximum absolute atomic E-state index is 4.34. The van der Waals surface area contributed by atoms with Crippen molar-refractivity contribution in [3.8, 4) is 0 Å². The normalized spacial score (nSPS) is 24.6. The lowest BCUT2D eigenvalue weighted by Crippen LogP contribution is -2.42. The molecule has 1 nitrogen and oxygen atoms in total. The molecule has 1 rings (SSSR count). The van der Waals surface area contributed by atoms with Crippen molar-refractivity contribution in [3.05, 3.63) is 23.9 Å². The van der Waals surface area contributed by atoms with Crippen LogP contribution in [-0.4, -0.2) is 17.0 Å². The van der Waals surface area contributed by atoms with Gasteiger partial charge in [0.05, 0.1) is 0 Å². The highest BCUT2D eigenvalue weighted by atomic mass is 15.2. The van der Waals surface area contributed by atoms with E-state index in [1.54, 1.807) is 0 Å². The van der Waals surface area contributed by atoms with Crippen LogP contribution in [-0.2, 0) is 0 Å². The smallest absolute Gasteiger partial charge is 0.0314 e. The van der Waals surface area contributed by atoms with Crippen LogP contribution in [0.4, 0.5) is 0 Å². The van der Waals surface area contributed by atoms with Crippen LogP contribution >= 0.6 is 0 Å². The van der Waals surface area contributed by atoms with Gasteiger partial charge in [-0.05, 0) is 71.6 Å². The largest absolute Gasteiger partial charge is 0.370 e. The zero-order valence-electron chi connectivity index (χ0n) is 15.6. The molecule has 1 aliphatic rings. The third-order valence-electron chi connectivity index (χ3n) is 4.94. The molecular formula is C20H37N. The van der Waals surface area contributed by atoms with Gasteiger partial charge in [0.1, 0.15) is 0 Å². The second-order valence-corrected chi connectivity index (χ2v) is 8.47. The molecule has 0 heterocycles. The van der Waals surface area contributed by atoms with E-state index in [9.17, 15) is 0 Å². The molecule has 1 heteroatoms. The fraction of sp³-hybridized carbons (Fsp3) is 0.800. The summed E-state index contributed by atoms with van der Waals surface area (Å²) in [6, 6.07) is 0. The lowest BCUT2D eigenvalue weighted by molar-refractivity contribution is 0.163. The Hall–Kier alpha value is -0.720. The zero-order valence-corrected chi connectivity index (χ0v) is 15.6. The van der Waals surface area contributed by atoms with E-state index in [-0.39, 0.29) is 5.54 Å². The molecular weight excluding hydrogens is 254 g/mol. The summed E-state index contributed by atoms with van der Waals surface area (Å²) in [6.45, 7) is 21.6. The Labute approximate surface area is 133 Å². The molecule has 0 aliphatic heterocycles. The van der Waals surface area contributed by atoms with Crippen molar-refractivity contribution in [2.75, 3.05) is 6.54 Å². The summed E-state index contributed by atoms with van der Waals surface area (Å²) in [5.41, 5.74) is 3.52. The minimum Gasteiger partial charge on any atom is -0.370 e. The highest BCUT2D eigenvalue weighted by Gasteiger charge is 2.50. The lowest BCUT2D eigenvalue weighted by Gasteiger charge is -2.40. The Kier molecular flexibility index (Phi) is 6.13. The molecule has 0 aromatic rings. The molecule has 2 atom stereocenters. The Morgan fingerprint density at radius 1 is 1.33 bits per heavy atom. The van der Waals surface area contributed by atoms with Crippen molar-refractivity contribution in [2.45, 2.75) is 86.1 Å². The van der Waals surface area contributed by atoms with Crippen molar-refractivity contribution >= 4 is 0 Å². The minimum atomic E-state index is 0.190. The van der Waals surface area contributed by atoms with Crippen LogP contribution in [0, 0.1) is 11.3 Å². The predicted molar refractivity (Wildman–Crippen MR) is 95.4 cm³/mol. The molecule has 0 radical (unpaired) electrons. The molecule has 0 N–H and O–H groups in total. The molecule has 122 valence electrons. The maximum atomic E-state index is 4.34. The van der Waals surface area contributed by atoms with Gasteiger partial charge in [-0.15, -0.1) is 0 Å². The van der Waals surface area contributed by atoms with E-state index in [0.717, 1.165) is 12.3 Å². The van der Waals surface area contributed by atoms with E-state index in [4.69, 9.17) is 0 Å². The number of nitrogens with zero attached hydrogens (tertiary/aromatic N) is 1. The number of hydrogen-bond acceptors (Lipinski definition) is 1. The SMILES string of the molecule is C=C(CCC)N(CC1CC1(C)CCC=C(C)C)C(C)(C)C. The van der Waals surface area contributed by atoms with Gasteiger partial charge < -0.3 is 4.90 Å². The van der Waals surface area contributed by atoms with E-state index in [1.807, 2.05) is 0 Å². The van der Waals surface area contributed by atoms with Crippen LogP contribution in [0.25, 0.3) is 0 Å². The minimum absolute atomic E-state index is 0.190. The lowest BCUT2D eigenvalue weighted by atomic mass is 9.97. The first-order valence-electron chi connectivity index (χ1n) is 8.69. The van der Waals surface area contributed by atoms with Gasteiger partial charge >= 0.3 is 0 Å². The van der Waals surface area contributed by atoms with Gasteiger partial charge in [0, 0.05) is 17.8 Å². The van der Waals surface area contributed by atoms with Gasteiger partial charge in [-0.25, -0.2) is 0 Å². The van der Waals surface area contributed by atoms with Crippen molar-refractivity contribution in [2.24, 2.45) is 11.3 Å². The second-order valence-electron chi connectivity index (χ2n) is 8.47. The fourth-order valence-electron chi connectivity index (χ4n) is 3.31. The topological polar surface area (TPSA) is 3.24 Å². The van der Waals surface area contributed by atoms with Crippen LogP contribution in [0.1, 0.15) is 80.6 Å². The number of hydrogen-bond donors (Lipinski definition) is 0. The number of rotatable bonds is 8. The summed E-state index contributed by atoms with van der Waals surface area (Å²) in [6.07, 6.45) is 8.65. The average molecular weight is 292 g/mol. The third-order valence-corrected chi connectivity index (χ3v) is 4.94. The average Bonchev–Trinajstić information content (AvgIpc) is 2.95. The molecule has 0 aromatic heterocycles. The molecule has 1 saturated carbocycles. The Balaban J connectivity index is 2.58. The molecule has 0 aromatic carbocycles. The van der Waals surface area contributed by atoms with Crippen LogP contribution < -0.4 is 0 Å². The van der Waals surface area contributed by atoms with Gasteiger partial charge in [-0.2, -0.15) is 0 Å². The van der Waals surface area contributed by atoms with Crippen molar-refractivity contribution in [1.29, 1.82) is 0 Å². The molecule has 1 aliphatic carbocycles. The van der Waals surface area contributed by atoms with Crippen LogP contribution in [0.15, 0.2) is 23.9 Å². The summed E-state index contributed by atoms with van der Waals surface area (Å²) in [5, 5.41) is 0. The van der Waals surface area contributed by atoms with E-state index in [0.29, 0.717) is 5.41 Å². The summed E-state index contributed by atoms with van der Waals surface area (Å²) in [7, 11) is 0. The van der Waals surface area contributed by atoms with E-state index >= 15 is 0 Å². The maximum Gasteiger partial charge on any atom is 0.0314 e. The predicted octanol–water partition coefficient (Wildman–Crippen LogP) is 6.17. The Morgan fingerprint density at radius 2 is 1.95 bits per heavy atom. The first-order chi connectivity index (χ1) is 9.60. The first-order valence-corrected chi connectivity index (χ1v) is 8.69. The van der Waals surface area contributed by atoms with Crippen molar-refractivity contribution < 1.29 is 0 Å². The molecule has 2 unspecified atom stereocenters. The fourth-order valence-corrected chi connectivity index (χ4v) is 3.31. The zero-order chi connectivity index (χ0) is 16.3. The molecule has 0 saturated heterocycles. The van der Waals surface area contributed by atoms with Gasteiger partial charge in [-0.1, -0.05) is 38.5 Å². The highest BCUT2D eigenvalue weighted by Crippen LogP contribution is 2.56. The summed E-state index contributed by atoms with van der Waals surface area (Å²) >= 11 is 0. The standard InChI is InChI=1S/C20H37N/c1-9-11-17(4)21(19(5,6)7)15-18-14-20(18,8)13-10-12-16(2)3/h12,18H,4,9-11,13-15H2,1-3,5-8H3. The van der Waals surface area contributed by atoms with E-state index in [2.05, 4.69) is 66.0 Å². The quantitative estimate of drug-likeness (QED) is 0.483. The third kappa shape index (κ3) is 5.52. The van der Waals surface area contributed by atoms with Crippen LogP contribution in [0.2, 0.25) is 0 Å². The molecule has 21 heavy (non-hydrogen) atoms. The summed E-state index contributed by atoms with van der Waals surface area (Å²) in [5.74, 6) is 0.843. The van der Waals surface area contributed by atoms with Gasteiger partial charge in [0.2, 0.25) is 0 Å². The highest BCUT2D eigenvalue weighted by molar-refractivity contribution is 5.07. The van der Waals surface area contributed by atoms with Gasteiger partial charge in [0.15, 0.2) is 0 Å². The second kappa shape index (κ2) is 7.03. The summed E-state index contributed by atoms with van der Waals surface area (Å²) < 4.78 is 0. The van der Waals surface area contributed by atoms with E-state index < -0.39 is 0 Å². The van der Waals surface area contributed by atoms with Gasteiger partial charge in [-0.3, -0.25) is 0 Å². The van der Waals surface area contributed by atoms with Crippen LogP contribution in [0.3, 0.4) is 0 Å². The summed E-state index contributed by atoms with van der Waals surface area (Å²) in [4.78, 5) is 2.56. The molecule has 1 fully saturated rings. The monoisotopic (exact) mass is 291 g/mol. The molecule has 0 amide bonds. The van der Waals surface area contributed by atoms with Gasteiger partial charge in [0.25, 0.3) is 0 Å². The Morgan fingerprint density at radius 3 is 2.43 bits per heavy atom. The van der Waals surface area contributed by atoms with Crippen LogP contribution in [0.5, 0.6) is 0 Å².